The van der Waals surface area contributed by atoms with Crippen molar-refractivity contribution >= 4 is 11.6 Å². The third-order valence-corrected chi connectivity index (χ3v) is 0. The van der Waals surface area contributed by atoms with Gasteiger partial charge in [0.1, 0.15) is 0 Å². The van der Waals surface area contributed by atoms with E-state index in [9.17, 15) is 9.59 Å². The van der Waals surface area contributed by atoms with E-state index in [4.69, 9.17) is 0 Å². The van der Waals surface area contributed by atoms with E-state index in [-0.39, 0.29) is 141 Å². The van der Waals surface area contributed by atoms with E-state index in [2.05, 4.69) is 13.8 Å². The standard InChI is InChI=1S/2C3H5O.2CH3.2K.2H2N/c2*1-3(2)4;;;;;;/h2*1H2,2H3;2*1H3;;;2*1H2/q4*-1;2*+1;2*-1. The zero-order chi connectivity index (χ0) is 7.15. The van der Waals surface area contributed by atoms with Gasteiger partial charge >= 0.3 is 103 Å². The predicted octanol–water partition coefficient (Wildman–Crippen LogP) is -2.84. The fraction of sp³-hybridized carbons (Fsp3) is 0.250. The molecule has 4 N–H and O–H groups in total. The second-order valence-electron chi connectivity index (χ2n) is 1.40. The van der Waals surface area contributed by atoms with E-state index < -0.39 is 0 Å². The van der Waals surface area contributed by atoms with Crippen LogP contribution in [0.3, 0.4) is 0 Å². The maximum Gasteiger partial charge on any atom is 1.00 e. The molecular formula is C8H20K2N2O2-4. The molecule has 80 valence electrons. The number of rotatable bonds is 0. The molecule has 0 fully saturated rings. The summed E-state index contributed by atoms with van der Waals surface area (Å²) < 4.78 is 0. The van der Waals surface area contributed by atoms with Crippen LogP contribution in [-0.4, -0.2) is 11.6 Å². The van der Waals surface area contributed by atoms with Gasteiger partial charge in [-0.15, -0.1) is 0 Å². The second kappa shape index (κ2) is 45.5. The van der Waals surface area contributed by atoms with Crippen LogP contribution in [0.5, 0.6) is 0 Å². The van der Waals surface area contributed by atoms with Gasteiger partial charge in [-0.25, -0.2) is 0 Å². The third-order valence-electron chi connectivity index (χ3n) is 0. The Morgan fingerprint density at radius 2 is 0.786 bits per heavy atom. The Morgan fingerprint density at radius 3 is 0.786 bits per heavy atom. The molecule has 0 radical (unpaired) electrons. The quantitative estimate of drug-likeness (QED) is 0.343. The molecule has 0 aliphatic carbocycles. The van der Waals surface area contributed by atoms with Gasteiger partial charge in [0.15, 0.2) is 0 Å². The van der Waals surface area contributed by atoms with Gasteiger partial charge in [-0.05, 0) is 25.4 Å². The van der Waals surface area contributed by atoms with Crippen molar-refractivity contribution in [3.05, 3.63) is 41.0 Å². The normalized spacial score (nSPS) is 3.57. The van der Waals surface area contributed by atoms with Crippen molar-refractivity contribution in [2.24, 2.45) is 0 Å². The van der Waals surface area contributed by atoms with Crippen molar-refractivity contribution in [2.45, 2.75) is 13.8 Å². The molecule has 0 heterocycles. The number of carbonyl (C=O) groups is 2. The molecular weight excluding hydrogens is 234 g/mol. The molecule has 0 aliphatic heterocycles. The van der Waals surface area contributed by atoms with E-state index in [1.54, 1.807) is 0 Å². The first-order valence-electron chi connectivity index (χ1n) is 2.12. The Labute approximate surface area is 175 Å². The topological polar surface area (TPSA) is 101 Å². The van der Waals surface area contributed by atoms with Crippen molar-refractivity contribution < 1.29 is 112 Å². The van der Waals surface area contributed by atoms with Crippen molar-refractivity contribution in [2.75, 3.05) is 0 Å². The molecule has 0 saturated carbocycles. The zero-order valence-electron chi connectivity index (χ0n) is 10.4. The average molecular weight is 254 g/mol. The van der Waals surface area contributed by atoms with Crippen LogP contribution in [0.25, 0.3) is 12.3 Å². The molecule has 0 aromatic heterocycles. The van der Waals surface area contributed by atoms with Gasteiger partial charge in [-0.2, -0.15) is 0 Å². The fourth-order valence-corrected chi connectivity index (χ4v) is 0. The number of nitrogens with two attached hydrogens (primary N) is 2. The van der Waals surface area contributed by atoms with Gasteiger partial charge in [0.2, 0.25) is 0 Å². The zero-order valence-corrected chi connectivity index (χ0v) is 16.6. The molecule has 0 aliphatic rings. The number of Topliss-reactive ketones (excluding diaryl/α,β-unsaturated/α-hetero) is 2. The minimum absolute atomic E-state index is 0. The molecule has 6 heteroatoms. The second-order valence-corrected chi connectivity index (χ2v) is 1.40. The van der Waals surface area contributed by atoms with Crippen LogP contribution < -0.4 is 103 Å². The number of carbonyl (C=O) groups excluding carboxylic acids is 2. The minimum Gasteiger partial charge on any atom is -0.693 e. The average Bonchev–Trinajstić information content (AvgIpc) is 1.25. The van der Waals surface area contributed by atoms with E-state index >= 15 is 0 Å². The Hall–Kier alpha value is 2.27. The summed E-state index contributed by atoms with van der Waals surface area (Å²) in [6.45, 7) is 8.83. The van der Waals surface area contributed by atoms with Gasteiger partial charge in [-0.1, -0.05) is 0 Å². The molecule has 0 aromatic carbocycles. The Kier molecular flexibility index (Phi) is 180. The first kappa shape index (κ1) is 55.5. The molecule has 0 bridgehead atoms. The molecule has 0 amide bonds. The van der Waals surface area contributed by atoms with Crippen molar-refractivity contribution in [3.8, 4) is 0 Å². The molecule has 0 rings (SSSR count). The Balaban J connectivity index is -0.00000000600. The van der Waals surface area contributed by atoms with Gasteiger partial charge in [0, 0.05) is 0 Å². The summed E-state index contributed by atoms with van der Waals surface area (Å²) in [5.41, 5.74) is 0. The van der Waals surface area contributed by atoms with Crippen LogP contribution in [0.4, 0.5) is 0 Å². The summed E-state index contributed by atoms with van der Waals surface area (Å²) in [4.78, 5) is 18.7. The van der Waals surface area contributed by atoms with Crippen LogP contribution in [0.2, 0.25) is 0 Å². The summed E-state index contributed by atoms with van der Waals surface area (Å²) in [5, 5.41) is 0. The fourth-order valence-electron chi connectivity index (χ4n) is 0. The van der Waals surface area contributed by atoms with Crippen molar-refractivity contribution in [1.29, 1.82) is 0 Å². The van der Waals surface area contributed by atoms with Crippen LogP contribution in [0, 0.1) is 28.7 Å². The summed E-state index contributed by atoms with van der Waals surface area (Å²) in [5.74, 6) is -0.167. The minimum atomic E-state index is -0.0833. The van der Waals surface area contributed by atoms with Gasteiger partial charge < -0.3 is 50.6 Å². The smallest absolute Gasteiger partial charge is 0.693 e. The summed E-state index contributed by atoms with van der Waals surface area (Å²) in [7, 11) is 0. The van der Waals surface area contributed by atoms with Crippen LogP contribution in [-0.2, 0) is 9.59 Å². The Morgan fingerprint density at radius 1 is 0.786 bits per heavy atom. The summed E-state index contributed by atoms with van der Waals surface area (Å²) >= 11 is 0. The molecule has 4 nitrogen and oxygen atoms in total. The van der Waals surface area contributed by atoms with Gasteiger partial charge in [0.05, 0.1) is 0 Å². The predicted molar refractivity (Wildman–Crippen MR) is 55.5 cm³/mol. The Bertz CT molecular complexity index is 81.3. The number of hydrogen-bond donors (Lipinski definition) is 0. The third kappa shape index (κ3) is 487. The molecule has 14 heavy (non-hydrogen) atoms. The largest absolute Gasteiger partial charge is 1.00 e. The molecule has 0 atom stereocenters. The first-order valence-corrected chi connectivity index (χ1v) is 2.12. The number of ketones is 2. The maximum absolute atomic E-state index is 9.33. The van der Waals surface area contributed by atoms with Crippen LogP contribution in [0.15, 0.2) is 0 Å². The maximum atomic E-state index is 9.33. The van der Waals surface area contributed by atoms with E-state index in [0.717, 1.165) is 0 Å². The van der Waals surface area contributed by atoms with Gasteiger partial charge in [0.25, 0.3) is 0 Å². The molecule has 0 aromatic rings. The van der Waals surface area contributed by atoms with Crippen molar-refractivity contribution in [3.63, 3.8) is 0 Å². The van der Waals surface area contributed by atoms with Crippen LogP contribution in [0.1, 0.15) is 13.8 Å². The molecule has 0 unspecified atom stereocenters. The summed E-state index contributed by atoms with van der Waals surface area (Å²) in [6.07, 6.45) is 0. The van der Waals surface area contributed by atoms with Crippen LogP contribution >= 0.6 is 0 Å². The van der Waals surface area contributed by atoms with E-state index in [1.807, 2.05) is 0 Å². The van der Waals surface area contributed by atoms with E-state index in [1.165, 1.54) is 13.8 Å². The number of hydrogen-bond acceptors (Lipinski definition) is 2. The van der Waals surface area contributed by atoms with Gasteiger partial charge in [-0.3, -0.25) is 0 Å². The first-order chi connectivity index (χ1) is 3.46. The molecule has 0 spiro atoms. The summed E-state index contributed by atoms with van der Waals surface area (Å²) in [6, 6.07) is 0. The monoisotopic (exact) mass is 254 g/mol. The SMILES string of the molecule is [CH2-]C(C)=O.[CH2-]C(C)=O.[CH3-].[CH3-].[K+].[K+].[NH2-].[NH2-]. The molecule has 0 saturated heterocycles. The van der Waals surface area contributed by atoms with Crippen molar-refractivity contribution in [1.82, 2.24) is 0 Å². The van der Waals surface area contributed by atoms with E-state index in [0.29, 0.717) is 0 Å².